The summed E-state index contributed by atoms with van der Waals surface area (Å²) in [7, 11) is 1.78. The predicted molar refractivity (Wildman–Crippen MR) is 99.6 cm³/mol. The highest BCUT2D eigenvalue weighted by atomic mass is 19.1. The molecule has 0 radical (unpaired) electrons. The summed E-state index contributed by atoms with van der Waals surface area (Å²) in [4.78, 5) is 18.5. The van der Waals surface area contributed by atoms with Crippen LogP contribution in [0, 0.1) is 11.7 Å². The van der Waals surface area contributed by atoms with Crippen molar-refractivity contribution in [3.8, 4) is 0 Å². The van der Waals surface area contributed by atoms with Gasteiger partial charge in [0.15, 0.2) is 5.96 Å². The third kappa shape index (κ3) is 4.17. The molecule has 2 aliphatic rings. The van der Waals surface area contributed by atoms with E-state index in [0.717, 1.165) is 56.8 Å². The smallest absolute Gasteiger partial charge is 0.309 e. The number of nitrogens with one attached hydrogen (secondary N) is 1. The van der Waals surface area contributed by atoms with Gasteiger partial charge in [0.25, 0.3) is 0 Å². The Balaban J connectivity index is 1.54. The Morgan fingerprint density at radius 2 is 2.12 bits per heavy atom. The molecule has 1 aromatic carbocycles. The summed E-state index contributed by atoms with van der Waals surface area (Å²) in [6.45, 7) is 4.60. The van der Waals surface area contributed by atoms with E-state index in [1.54, 1.807) is 19.2 Å². The average molecular weight is 361 g/mol. The summed E-state index contributed by atoms with van der Waals surface area (Å²) in [6, 6.07) is 6.91. The molecule has 1 N–H and O–H groups in total. The molecule has 1 aliphatic carbocycles. The fourth-order valence-corrected chi connectivity index (χ4v) is 3.70. The van der Waals surface area contributed by atoms with Gasteiger partial charge >= 0.3 is 5.97 Å². The minimum absolute atomic E-state index is 0.00799. The number of hydrogen-bond acceptors (Lipinski definition) is 3. The molecule has 0 aromatic heterocycles. The summed E-state index contributed by atoms with van der Waals surface area (Å²) in [5.41, 5.74) is 1.07. The van der Waals surface area contributed by atoms with Gasteiger partial charge in [-0.3, -0.25) is 9.79 Å². The molecule has 1 saturated heterocycles. The number of aliphatic imine (C=N–C) groups is 1. The SMILES string of the molecule is CCOC(=O)C1CCN(C(=NC)NCC2(c3cccc(F)c3)CC2)CC1. The largest absolute Gasteiger partial charge is 0.466 e. The van der Waals surface area contributed by atoms with Crippen LogP contribution in [0.3, 0.4) is 0 Å². The maximum absolute atomic E-state index is 13.5. The quantitative estimate of drug-likeness (QED) is 0.498. The number of benzene rings is 1. The lowest BCUT2D eigenvalue weighted by molar-refractivity contribution is -0.149. The number of rotatable bonds is 5. The van der Waals surface area contributed by atoms with E-state index >= 15 is 0 Å². The number of carbonyl (C=O) groups excluding carboxylic acids is 1. The van der Waals surface area contributed by atoms with Gasteiger partial charge in [-0.25, -0.2) is 4.39 Å². The molecule has 0 unspecified atom stereocenters. The lowest BCUT2D eigenvalue weighted by atomic mass is 9.95. The summed E-state index contributed by atoms with van der Waals surface area (Å²) in [6.07, 6.45) is 3.69. The zero-order valence-corrected chi connectivity index (χ0v) is 15.6. The van der Waals surface area contributed by atoms with Gasteiger partial charge in [-0.15, -0.1) is 0 Å². The van der Waals surface area contributed by atoms with Crippen LogP contribution in [0.2, 0.25) is 0 Å². The lowest BCUT2D eigenvalue weighted by Gasteiger charge is -2.34. The highest BCUT2D eigenvalue weighted by Gasteiger charge is 2.44. The summed E-state index contributed by atoms with van der Waals surface area (Å²) < 4.78 is 18.7. The normalized spacial score (nSPS) is 20.0. The van der Waals surface area contributed by atoms with Gasteiger partial charge in [0.1, 0.15) is 5.82 Å². The molecule has 0 atom stereocenters. The Bertz CT molecular complexity index is 665. The van der Waals surface area contributed by atoms with E-state index in [1.165, 1.54) is 6.07 Å². The Kier molecular flexibility index (Phi) is 5.79. The van der Waals surface area contributed by atoms with Crippen molar-refractivity contribution in [2.45, 2.75) is 38.0 Å². The molecule has 5 nitrogen and oxygen atoms in total. The standard InChI is InChI=1S/C20H28FN3O2/c1-3-26-18(25)15-7-11-24(12-8-15)19(22-2)23-14-20(9-10-20)16-5-4-6-17(21)13-16/h4-6,13,15H,3,7-12,14H2,1-2H3,(H,22,23). The van der Waals surface area contributed by atoms with Crippen molar-refractivity contribution in [2.24, 2.45) is 10.9 Å². The molecular formula is C20H28FN3O2. The van der Waals surface area contributed by atoms with E-state index in [0.29, 0.717) is 6.61 Å². The summed E-state index contributed by atoms with van der Waals surface area (Å²) >= 11 is 0. The molecule has 142 valence electrons. The molecule has 0 spiro atoms. The van der Waals surface area contributed by atoms with E-state index in [2.05, 4.69) is 15.2 Å². The third-order valence-electron chi connectivity index (χ3n) is 5.50. The van der Waals surface area contributed by atoms with Gasteiger partial charge in [-0.2, -0.15) is 0 Å². The fourth-order valence-electron chi connectivity index (χ4n) is 3.70. The van der Waals surface area contributed by atoms with Crippen molar-refractivity contribution in [1.82, 2.24) is 10.2 Å². The van der Waals surface area contributed by atoms with Gasteiger partial charge in [-0.1, -0.05) is 12.1 Å². The second-order valence-electron chi connectivity index (χ2n) is 7.20. The lowest BCUT2D eigenvalue weighted by Crippen LogP contribution is -2.48. The van der Waals surface area contributed by atoms with E-state index in [-0.39, 0.29) is 23.1 Å². The molecule has 3 rings (SSSR count). The first-order chi connectivity index (χ1) is 12.6. The third-order valence-corrected chi connectivity index (χ3v) is 5.50. The molecule has 2 fully saturated rings. The minimum atomic E-state index is -0.181. The van der Waals surface area contributed by atoms with Crippen molar-refractivity contribution in [3.05, 3.63) is 35.6 Å². The first-order valence-corrected chi connectivity index (χ1v) is 9.46. The summed E-state index contributed by atoms with van der Waals surface area (Å²) in [5, 5.41) is 3.47. The van der Waals surface area contributed by atoms with Crippen LogP contribution in [0.15, 0.2) is 29.3 Å². The van der Waals surface area contributed by atoms with Crippen LogP contribution in [0.4, 0.5) is 4.39 Å². The topological polar surface area (TPSA) is 53.9 Å². The number of likely N-dealkylation sites (tertiary alicyclic amines) is 1. The van der Waals surface area contributed by atoms with Crippen LogP contribution >= 0.6 is 0 Å². The zero-order chi connectivity index (χ0) is 18.6. The van der Waals surface area contributed by atoms with Gasteiger partial charge in [0.2, 0.25) is 0 Å². The fraction of sp³-hybridized carbons (Fsp3) is 0.600. The van der Waals surface area contributed by atoms with E-state index in [4.69, 9.17) is 4.74 Å². The Morgan fingerprint density at radius 1 is 1.38 bits per heavy atom. The van der Waals surface area contributed by atoms with Crippen LogP contribution in [0.1, 0.15) is 38.2 Å². The second kappa shape index (κ2) is 8.06. The van der Waals surface area contributed by atoms with Crippen molar-refractivity contribution < 1.29 is 13.9 Å². The molecule has 0 bridgehead atoms. The van der Waals surface area contributed by atoms with Crippen LogP contribution in [-0.4, -0.2) is 50.1 Å². The van der Waals surface area contributed by atoms with E-state index < -0.39 is 0 Å². The highest BCUT2D eigenvalue weighted by molar-refractivity contribution is 5.80. The first kappa shape index (κ1) is 18.7. The summed E-state index contributed by atoms with van der Waals surface area (Å²) in [5.74, 6) is 0.582. The number of nitrogens with zero attached hydrogens (tertiary/aromatic N) is 2. The molecule has 1 heterocycles. The average Bonchev–Trinajstić information content (AvgIpc) is 3.44. The molecule has 0 amide bonds. The van der Waals surface area contributed by atoms with Crippen molar-refractivity contribution in [3.63, 3.8) is 0 Å². The number of guanidine groups is 1. The van der Waals surface area contributed by atoms with Crippen LogP contribution < -0.4 is 5.32 Å². The molecule has 26 heavy (non-hydrogen) atoms. The number of carbonyl (C=O) groups is 1. The second-order valence-corrected chi connectivity index (χ2v) is 7.20. The minimum Gasteiger partial charge on any atom is -0.466 e. The Morgan fingerprint density at radius 3 is 2.69 bits per heavy atom. The molecule has 1 aromatic rings. The number of ether oxygens (including phenoxy) is 1. The van der Waals surface area contributed by atoms with Gasteiger partial charge in [0, 0.05) is 32.1 Å². The Labute approximate surface area is 154 Å². The number of esters is 1. The first-order valence-electron chi connectivity index (χ1n) is 9.46. The number of halogens is 1. The predicted octanol–water partition coefficient (Wildman–Crippen LogP) is 2.71. The molecular weight excluding hydrogens is 333 g/mol. The maximum atomic E-state index is 13.5. The van der Waals surface area contributed by atoms with Crippen molar-refractivity contribution in [2.75, 3.05) is 33.3 Å². The van der Waals surface area contributed by atoms with Gasteiger partial charge < -0.3 is 15.0 Å². The van der Waals surface area contributed by atoms with Crippen LogP contribution in [0.25, 0.3) is 0 Å². The molecule has 1 aliphatic heterocycles. The number of piperidine rings is 1. The van der Waals surface area contributed by atoms with Crippen LogP contribution in [-0.2, 0) is 14.9 Å². The number of hydrogen-bond donors (Lipinski definition) is 1. The zero-order valence-electron chi connectivity index (χ0n) is 15.6. The van der Waals surface area contributed by atoms with Crippen LogP contribution in [0.5, 0.6) is 0 Å². The highest BCUT2D eigenvalue weighted by Crippen LogP contribution is 2.47. The monoisotopic (exact) mass is 361 g/mol. The Hall–Kier alpha value is -2.11. The van der Waals surface area contributed by atoms with E-state index in [1.807, 2.05) is 13.0 Å². The molecule has 6 heteroatoms. The van der Waals surface area contributed by atoms with Gasteiger partial charge in [0.05, 0.1) is 12.5 Å². The van der Waals surface area contributed by atoms with Crippen molar-refractivity contribution in [1.29, 1.82) is 0 Å². The molecule has 1 saturated carbocycles. The van der Waals surface area contributed by atoms with Crippen molar-refractivity contribution >= 4 is 11.9 Å². The van der Waals surface area contributed by atoms with Gasteiger partial charge in [-0.05, 0) is 50.3 Å². The maximum Gasteiger partial charge on any atom is 0.309 e. The van der Waals surface area contributed by atoms with E-state index in [9.17, 15) is 9.18 Å².